The third kappa shape index (κ3) is 6.51. The van der Waals surface area contributed by atoms with Crippen LogP contribution in [0.4, 0.5) is 5.69 Å². The molecule has 27 heavy (non-hydrogen) atoms. The highest BCUT2D eigenvalue weighted by Crippen LogP contribution is 2.18. The number of nitrogens with zero attached hydrogens (tertiary/aromatic N) is 1. The van der Waals surface area contributed by atoms with Crippen molar-refractivity contribution >= 4 is 51.8 Å². The zero-order valence-electron chi connectivity index (χ0n) is 15.2. The molecular weight excluding hydrogens is 386 g/mol. The highest BCUT2D eigenvalue weighted by Gasteiger charge is 2.26. The number of benzene rings is 1. The second-order valence-electron chi connectivity index (χ2n) is 5.85. The topological polar surface area (TPSA) is 87.7 Å². The molecular formula is C18H23N3O4S2. The number of carbonyl (C=O) groups excluding carboxylic acids is 3. The van der Waals surface area contributed by atoms with E-state index >= 15 is 0 Å². The van der Waals surface area contributed by atoms with Gasteiger partial charge in [-0.2, -0.15) is 0 Å². The fourth-order valence-corrected chi connectivity index (χ4v) is 3.50. The van der Waals surface area contributed by atoms with Crippen LogP contribution in [0.5, 0.6) is 0 Å². The number of amides is 2. The summed E-state index contributed by atoms with van der Waals surface area (Å²) in [5.74, 6) is -0.698. The normalized spacial score (nSPS) is 13.6. The van der Waals surface area contributed by atoms with E-state index in [1.165, 1.54) is 16.7 Å². The van der Waals surface area contributed by atoms with Crippen molar-refractivity contribution in [3.63, 3.8) is 0 Å². The fraction of sp³-hybridized carbons (Fsp3) is 0.444. The Labute approximate surface area is 168 Å². The van der Waals surface area contributed by atoms with Crippen molar-refractivity contribution in [1.29, 1.82) is 0 Å². The van der Waals surface area contributed by atoms with Gasteiger partial charge in [0.15, 0.2) is 6.61 Å². The average molecular weight is 410 g/mol. The molecule has 1 aromatic rings. The molecule has 0 aromatic heterocycles. The van der Waals surface area contributed by atoms with Gasteiger partial charge in [-0.1, -0.05) is 49.5 Å². The zero-order valence-corrected chi connectivity index (χ0v) is 16.8. The Bertz CT molecular complexity index is 696. The molecule has 1 aliphatic heterocycles. The Hall–Kier alpha value is -2.13. The lowest BCUT2D eigenvalue weighted by molar-refractivity contribution is -0.126. The molecule has 1 aliphatic rings. The van der Waals surface area contributed by atoms with E-state index in [4.69, 9.17) is 17.0 Å². The van der Waals surface area contributed by atoms with Gasteiger partial charge in [-0.3, -0.25) is 14.5 Å². The van der Waals surface area contributed by atoms with Gasteiger partial charge in [0.25, 0.3) is 5.91 Å². The number of thiocarbonyl (C=S) groups is 1. The van der Waals surface area contributed by atoms with Gasteiger partial charge >= 0.3 is 5.97 Å². The molecule has 1 saturated heterocycles. The minimum atomic E-state index is -0.558. The van der Waals surface area contributed by atoms with Crippen LogP contribution in [0, 0.1) is 0 Å². The summed E-state index contributed by atoms with van der Waals surface area (Å²) >= 11 is 6.38. The molecule has 9 heteroatoms. The highest BCUT2D eigenvalue weighted by atomic mass is 32.2. The number of esters is 1. The molecule has 2 rings (SSSR count). The number of para-hydroxylation sites is 1. The molecule has 1 fully saturated rings. The Balaban J connectivity index is 1.75. The van der Waals surface area contributed by atoms with Crippen molar-refractivity contribution in [2.45, 2.75) is 19.8 Å². The Kier molecular flexibility index (Phi) is 8.53. The fourth-order valence-electron chi connectivity index (χ4n) is 2.38. The highest BCUT2D eigenvalue weighted by molar-refractivity contribution is 8.23. The number of nitrogens with one attached hydrogen (secondary N) is 2. The van der Waals surface area contributed by atoms with Crippen molar-refractivity contribution < 1.29 is 19.1 Å². The van der Waals surface area contributed by atoms with Crippen molar-refractivity contribution in [3.8, 4) is 0 Å². The maximum Gasteiger partial charge on any atom is 0.340 e. The largest absolute Gasteiger partial charge is 0.452 e. The molecule has 0 radical (unpaired) electrons. The predicted octanol–water partition coefficient (Wildman–Crippen LogP) is 2.03. The number of anilines is 1. The smallest absolute Gasteiger partial charge is 0.340 e. The van der Waals surface area contributed by atoms with Crippen LogP contribution in [-0.4, -0.2) is 59.0 Å². The summed E-state index contributed by atoms with van der Waals surface area (Å²) < 4.78 is 5.62. The van der Waals surface area contributed by atoms with E-state index in [0.717, 1.165) is 19.4 Å². The summed E-state index contributed by atoms with van der Waals surface area (Å²) in [5.41, 5.74) is 1.08. The maximum atomic E-state index is 12.3. The third-order valence-corrected chi connectivity index (χ3v) is 5.26. The van der Waals surface area contributed by atoms with Crippen LogP contribution in [0.1, 0.15) is 30.1 Å². The number of ether oxygens (including phenoxy) is 1. The van der Waals surface area contributed by atoms with Gasteiger partial charge in [0.05, 0.1) is 11.3 Å². The Morgan fingerprint density at radius 2 is 2.07 bits per heavy atom. The SMILES string of the molecule is CCCCNc1ccccc1C(=O)OCC(=O)NCCN1C(=O)CSC1=S. The Morgan fingerprint density at radius 1 is 1.30 bits per heavy atom. The van der Waals surface area contributed by atoms with Gasteiger partial charge in [0.2, 0.25) is 5.91 Å². The number of hydrogen-bond donors (Lipinski definition) is 2. The van der Waals surface area contributed by atoms with Crippen LogP contribution in [-0.2, 0) is 14.3 Å². The average Bonchev–Trinajstić information content (AvgIpc) is 2.98. The first-order valence-electron chi connectivity index (χ1n) is 8.76. The molecule has 146 valence electrons. The van der Waals surface area contributed by atoms with E-state index in [1.807, 2.05) is 6.07 Å². The second-order valence-corrected chi connectivity index (χ2v) is 7.46. The molecule has 0 spiro atoms. The minimum Gasteiger partial charge on any atom is -0.452 e. The van der Waals surface area contributed by atoms with Crippen molar-refractivity contribution in [3.05, 3.63) is 29.8 Å². The van der Waals surface area contributed by atoms with E-state index in [2.05, 4.69) is 17.6 Å². The van der Waals surface area contributed by atoms with Crippen molar-refractivity contribution in [1.82, 2.24) is 10.2 Å². The summed E-state index contributed by atoms with van der Waals surface area (Å²) in [5, 5.41) is 5.82. The first-order valence-corrected chi connectivity index (χ1v) is 10.2. The second kappa shape index (κ2) is 10.9. The molecule has 0 aliphatic carbocycles. The quantitative estimate of drug-likeness (QED) is 0.347. The third-order valence-electron chi connectivity index (χ3n) is 3.83. The first-order chi connectivity index (χ1) is 13.0. The molecule has 2 N–H and O–H groups in total. The van der Waals surface area contributed by atoms with Gasteiger partial charge in [0.1, 0.15) is 4.32 Å². The van der Waals surface area contributed by atoms with Crippen LogP contribution in [0.15, 0.2) is 24.3 Å². The standard InChI is InChI=1S/C18H23N3O4S2/c1-2-3-8-19-14-7-5-4-6-13(14)17(24)25-11-15(22)20-9-10-21-16(23)12-27-18(21)26/h4-7,19H,2-3,8-12H2,1H3,(H,20,22). The van der Waals surface area contributed by atoms with Gasteiger partial charge in [0, 0.05) is 25.3 Å². The molecule has 0 unspecified atom stereocenters. The van der Waals surface area contributed by atoms with Crippen LogP contribution in [0.3, 0.4) is 0 Å². The van der Waals surface area contributed by atoms with E-state index in [1.54, 1.807) is 18.2 Å². The number of thioether (sulfide) groups is 1. The zero-order chi connectivity index (χ0) is 19.6. The molecule has 0 atom stereocenters. The van der Waals surface area contributed by atoms with E-state index in [0.29, 0.717) is 27.9 Å². The van der Waals surface area contributed by atoms with Crippen LogP contribution < -0.4 is 10.6 Å². The van der Waals surface area contributed by atoms with Crippen LogP contribution in [0.25, 0.3) is 0 Å². The summed E-state index contributed by atoms with van der Waals surface area (Å²) in [7, 11) is 0. The maximum absolute atomic E-state index is 12.3. The summed E-state index contributed by atoms with van der Waals surface area (Å²) in [6, 6.07) is 7.04. The van der Waals surface area contributed by atoms with E-state index in [-0.39, 0.29) is 19.1 Å². The molecule has 1 aromatic carbocycles. The summed E-state index contributed by atoms with van der Waals surface area (Å²) in [6.45, 7) is 3.03. The number of hydrogen-bond acceptors (Lipinski definition) is 7. The van der Waals surface area contributed by atoms with Crippen LogP contribution in [0.2, 0.25) is 0 Å². The molecule has 7 nitrogen and oxygen atoms in total. The number of rotatable bonds is 10. The monoisotopic (exact) mass is 409 g/mol. The van der Waals surface area contributed by atoms with Crippen molar-refractivity contribution in [2.75, 3.05) is 37.3 Å². The molecule has 2 amide bonds. The summed E-state index contributed by atoms with van der Waals surface area (Å²) in [4.78, 5) is 37.2. The van der Waals surface area contributed by atoms with Gasteiger partial charge < -0.3 is 15.4 Å². The predicted molar refractivity (Wildman–Crippen MR) is 110 cm³/mol. The molecule has 1 heterocycles. The van der Waals surface area contributed by atoms with Crippen molar-refractivity contribution in [2.24, 2.45) is 0 Å². The van der Waals surface area contributed by atoms with Gasteiger partial charge in [-0.05, 0) is 18.6 Å². The Morgan fingerprint density at radius 3 is 2.78 bits per heavy atom. The lowest BCUT2D eigenvalue weighted by Crippen LogP contribution is -2.38. The van der Waals surface area contributed by atoms with E-state index < -0.39 is 11.9 Å². The molecule has 0 saturated carbocycles. The number of unbranched alkanes of at least 4 members (excludes halogenated alkanes) is 1. The summed E-state index contributed by atoms with van der Waals surface area (Å²) in [6.07, 6.45) is 2.04. The lowest BCUT2D eigenvalue weighted by Gasteiger charge is -2.15. The minimum absolute atomic E-state index is 0.0575. The van der Waals surface area contributed by atoms with Crippen LogP contribution >= 0.6 is 24.0 Å². The molecule has 0 bridgehead atoms. The van der Waals surface area contributed by atoms with Gasteiger partial charge in [-0.25, -0.2) is 4.79 Å². The van der Waals surface area contributed by atoms with Gasteiger partial charge in [-0.15, -0.1) is 0 Å². The van der Waals surface area contributed by atoms with E-state index in [9.17, 15) is 14.4 Å². The number of carbonyl (C=O) groups is 3. The first kappa shape index (κ1) is 21.2. The lowest BCUT2D eigenvalue weighted by atomic mass is 10.1.